The quantitative estimate of drug-likeness (QED) is 0.846. The van der Waals surface area contributed by atoms with Crippen LogP contribution in [0.2, 0.25) is 5.02 Å². The highest BCUT2D eigenvalue weighted by atomic mass is 35.5. The maximum Gasteiger partial charge on any atom is 0.337 e. The predicted molar refractivity (Wildman–Crippen MR) is 82.5 cm³/mol. The predicted octanol–water partition coefficient (Wildman–Crippen LogP) is 3.69. The minimum atomic E-state index is -1.09. The third-order valence-electron chi connectivity index (χ3n) is 2.71. The zero-order valence-electron chi connectivity index (χ0n) is 10.9. The van der Waals surface area contributed by atoms with E-state index >= 15 is 0 Å². The van der Waals surface area contributed by atoms with Gasteiger partial charge in [0.25, 0.3) is 0 Å². The van der Waals surface area contributed by atoms with Crippen LogP contribution in [0.1, 0.15) is 15.9 Å². The van der Waals surface area contributed by atoms with E-state index in [0.29, 0.717) is 5.02 Å². The molecule has 21 heavy (non-hydrogen) atoms. The molecular formula is C16H12ClNO3. The van der Waals surface area contributed by atoms with Gasteiger partial charge < -0.3 is 10.4 Å². The van der Waals surface area contributed by atoms with E-state index in [1.807, 2.05) is 0 Å². The fraction of sp³-hybridized carbons (Fsp3) is 0. The molecule has 0 aliphatic rings. The van der Waals surface area contributed by atoms with E-state index in [-0.39, 0.29) is 11.3 Å². The lowest BCUT2D eigenvalue weighted by atomic mass is 10.1. The summed E-state index contributed by atoms with van der Waals surface area (Å²) in [5.74, 6) is -1.49. The molecule has 5 heteroatoms. The van der Waals surface area contributed by atoms with Gasteiger partial charge in [-0.05, 0) is 35.9 Å². The molecule has 0 fully saturated rings. The first-order valence-corrected chi connectivity index (χ1v) is 6.51. The highest BCUT2D eigenvalue weighted by Gasteiger charge is 2.09. The van der Waals surface area contributed by atoms with Crippen molar-refractivity contribution in [2.75, 3.05) is 5.32 Å². The van der Waals surface area contributed by atoms with Gasteiger partial charge in [0.15, 0.2) is 0 Å². The number of hydrogen-bond acceptors (Lipinski definition) is 2. The van der Waals surface area contributed by atoms with E-state index in [1.54, 1.807) is 42.5 Å². The number of carboxylic acids is 1. The summed E-state index contributed by atoms with van der Waals surface area (Å²) in [5, 5.41) is 12.2. The van der Waals surface area contributed by atoms with Gasteiger partial charge in [-0.1, -0.05) is 35.9 Å². The van der Waals surface area contributed by atoms with Crippen molar-refractivity contribution in [3.05, 3.63) is 70.8 Å². The first-order valence-electron chi connectivity index (χ1n) is 6.13. The fourth-order valence-electron chi connectivity index (χ4n) is 1.70. The van der Waals surface area contributed by atoms with Crippen LogP contribution in [0, 0.1) is 0 Å². The summed E-state index contributed by atoms with van der Waals surface area (Å²) in [6, 6.07) is 13.2. The summed E-state index contributed by atoms with van der Waals surface area (Å²) in [4.78, 5) is 22.8. The minimum Gasteiger partial charge on any atom is -0.478 e. The molecule has 0 aliphatic heterocycles. The van der Waals surface area contributed by atoms with Crippen molar-refractivity contribution in [1.82, 2.24) is 0 Å². The summed E-state index contributed by atoms with van der Waals surface area (Å²) in [7, 11) is 0. The Kier molecular flexibility index (Phi) is 4.74. The number of carboxylic acid groups (broad SMARTS) is 1. The van der Waals surface area contributed by atoms with Gasteiger partial charge in [-0.2, -0.15) is 0 Å². The molecule has 0 saturated heterocycles. The average Bonchev–Trinajstić information content (AvgIpc) is 2.47. The van der Waals surface area contributed by atoms with Crippen molar-refractivity contribution in [1.29, 1.82) is 0 Å². The molecule has 1 amide bonds. The molecule has 0 atom stereocenters. The Morgan fingerprint density at radius 3 is 2.38 bits per heavy atom. The molecule has 2 aromatic rings. The van der Waals surface area contributed by atoms with Crippen LogP contribution in [-0.2, 0) is 4.79 Å². The van der Waals surface area contributed by atoms with E-state index in [4.69, 9.17) is 16.7 Å². The summed E-state index contributed by atoms with van der Waals surface area (Å²) in [5.41, 5.74) is 1.13. The molecule has 2 aromatic carbocycles. The van der Waals surface area contributed by atoms with E-state index in [9.17, 15) is 9.59 Å². The molecule has 2 rings (SSSR count). The number of aromatic carboxylic acids is 1. The molecule has 0 aliphatic carbocycles. The molecule has 0 unspecified atom stereocenters. The molecule has 0 radical (unpaired) electrons. The summed E-state index contributed by atoms with van der Waals surface area (Å²) in [6.45, 7) is 0. The van der Waals surface area contributed by atoms with Crippen molar-refractivity contribution in [3.8, 4) is 0 Å². The molecule has 2 N–H and O–H groups in total. The second-order valence-electron chi connectivity index (χ2n) is 4.22. The largest absolute Gasteiger partial charge is 0.478 e. The van der Waals surface area contributed by atoms with E-state index in [1.165, 1.54) is 18.2 Å². The van der Waals surface area contributed by atoms with Crippen molar-refractivity contribution in [3.63, 3.8) is 0 Å². The number of rotatable bonds is 4. The highest BCUT2D eigenvalue weighted by molar-refractivity contribution is 6.30. The van der Waals surface area contributed by atoms with Gasteiger partial charge in [-0.25, -0.2) is 4.79 Å². The Labute approximate surface area is 126 Å². The summed E-state index contributed by atoms with van der Waals surface area (Å²) in [6.07, 6.45) is 2.96. The lowest BCUT2D eigenvalue weighted by Crippen LogP contribution is -2.11. The normalized spacial score (nSPS) is 10.5. The summed E-state index contributed by atoms with van der Waals surface area (Å²) < 4.78 is 0. The lowest BCUT2D eigenvalue weighted by molar-refractivity contribution is -0.111. The van der Waals surface area contributed by atoms with Crippen LogP contribution in [0.15, 0.2) is 54.6 Å². The molecule has 0 heterocycles. The van der Waals surface area contributed by atoms with Crippen molar-refractivity contribution in [2.45, 2.75) is 0 Å². The van der Waals surface area contributed by atoms with Crippen LogP contribution >= 0.6 is 11.6 Å². The maximum atomic E-state index is 11.8. The Morgan fingerprint density at radius 2 is 1.71 bits per heavy atom. The van der Waals surface area contributed by atoms with E-state index in [2.05, 4.69) is 5.32 Å². The SMILES string of the molecule is O=C(/C=C/c1ccc(Cl)cc1)Nc1ccccc1C(=O)O. The zero-order valence-corrected chi connectivity index (χ0v) is 11.7. The van der Waals surface area contributed by atoms with Gasteiger partial charge in [-0.15, -0.1) is 0 Å². The topological polar surface area (TPSA) is 66.4 Å². The van der Waals surface area contributed by atoms with Crippen molar-refractivity contribution < 1.29 is 14.7 Å². The third kappa shape index (κ3) is 4.19. The molecule has 4 nitrogen and oxygen atoms in total. The zero-order chi connectivity index (χ0) is 15.2. The third-order valence-corrected chi connectivity index (χ3v) is 2.96. The molecule has 0 saturated carbocycles. The Morgan fingerprint density at radius 1 is 1.05 bits per heavy atom. The Hall–Kier alpha value is -2.59. The fourth-order valence-corrected chi connectivity index (χ4v) is 1.82. The molecule has 0 spiro atoms. The number of carbonyl (C=O) groups is 2. The van der Waals surface area contributed by atoms with Crippen LogP contribution in [-0.4, -0.2) is 17.0 Å². The van der Waals surface area contributed by atoms with Crippen LogP contribution in [0.25, 0.3) is 6.08 Å². The summed E-state index contributed by atoms with van der Waals surface area (Å²) >= 11 is 5.77. The van der Waals surface area contributed by atoms with E-state index in [0.717, 1.165) is 5.56 Å². The Bertz CT molecular complexity index is 693. The lowest BCUT2D eigenvalue weighted by Gasteiger charge is -2.05. The maximum absolute atomic E-state index is 11.8. The van der Waals surface area contributed by atoms with Gasteiger partial charge in [0.05, 0.1) is 11.3 Å². The number of nitrogens with one attached hydrogen (secondary N) is 1. The van der Waals surface area contributed by atoms with E-state index < -0.39 is 11.9 Å². The van der Waals surface area contributed by atoms with Crippen LogP contribution < -0.4 is 5.32 Å². The van der Waals surface area contributed by atoms with Gasteiger partial charge in [-0.3, -0.25) is 4.79 Å². The number of halogens is 1. The van der Waals surface area contributed by atoms with Crippen LogP contribution in [0.4, 0.5) is 5.69 Å². The molecule has 0 bridgehead atoms. The first-order chi connectivity index (χ1) is 10.1. The van der Waals surface area contributed by atoms with Gasteiger partial charge in [0.2, 0.25) is 5.91 Å². The minimum absolute atomic E-state index is 0.0470. The van der Waals surface area contributed by atoms with Crippen LogP contribution in [0.5, 0.6) is 0 Å². The number of anilines is 1. The number of amides is 1. The number of hydrogen-bond donors (Lipinski definition) is 2. The number of benzene rings is 2. The number of carbonyl (C=O) groups excluding carboxylic acids is 1. The van der Waals surface area contributed by atoms with Gasteiger partial charge in [0, 0.05) is 11.1 Å². The highest BCUT2D eigenvalue weighted by Crippen LogP contribution is 2.15. The molecule has 0 aromatic heterocycles. The van der Waals surface area contributed by atoms with Crippen LogP contribution in [0.3, 0.4) is 0 Å². The smallest absolute Gasteiger partial charge is 0.337 e. The Balaban J connectivity index is 2.08. The second-order valence-corrected chi connectivity index (χ2v) is 4.66. The molecule has 106 valence electrons. The standard InChI is InChI=1S/C16H12ClNO3/c17-12-8-5-11(6-9-12)7-10-15(19)18-14-4-2-1-3-13(14)16(20)21/h1-10H,(H,18,19)(H,20,21)/b10-7+. The first kappa shape index (κ1) is 14.8. The molecular weight excluding hydrogens is 290 g/mol. The van der Waals surface area contributed by atoms with Gasteiger partial charge in [0.1, 0.15) is 0 Å². The average molecular weight is 302 g/mol. The van der Waals surface area contributed by atoms with Gasteiger partial charge >= 0.3 is 5.97 Å². The second kappa shape index (κ2) is 6.72. The van der Waals surface area contributed by atoms with Crippen molar-refractivity contribution in [2.24, 2.45) is 0 Å². The monoisotopic (exact) mass is 301 g/mol. The number of para-hydroxylation sites is 1. The van der Waals surface area contributed by atoms with Crippen molar-refractivity contribution >= 4 is 35.2 Å².